The third kappa shape index (κ3) is 6.53. The second kappa shape index (κ2) is 4.90. The molecule has 3 heteroatoms. The molecule has 0 aromatic rings. The van der Waals surface area contributed by atoms with Crippen molar-refractivity contribution in [3.05, 3.63) is 0 Å². The van der Waals surface area contributed by atoms with Gasteiger partial charge in [-0.15, -0.1) is 0 Å². The smallest absolute Gasteiger partial charge is 0.321 e. The maximum Gasteiger partial charge on any atom is 0.321 e. The van der Waals surface area contributed by atoms with Crippen molar-refractivity contribution in [2.45, 2.75) is 46.3 Å². The molecule has 0 saturated heterocycles. The molecule has 0 N–H and O–H groups in total. The van der Waals surface area contributed by atoms with Crippen LogP contribution >= 0.6 is 0 Å². The van der Waals surface area contributed by atoms with Crippen LogP contribution in [0.25, 0.3) is 0 Å². The Bertz CT molecular complexity index is 98.8. The molecule has 0 heterocycles. The van der Waals surface area contributed by atoms with E-state index < -0.39 is 9.28 Å². The standard InChI is InChI=1S/C8H20O2Si/c1-6-9-11(7-2)10-8(3,4)5/h11H,6-7H2,1-5H3. The summed E-state index contributed by atoms with van der Waals surface area (Å²) >= 11 is 0. The molecular formula is C8H20O2Si. The summed E-state index contributed by atoms with van der Waals surface area (Å²) in [5.41, 5.74) is -0.0396. The van der Waals surface area contributed by atoms with Gasteiger partial charge in [0.1, 0.15) is 0 Å². The van der Waals surface area contributed by atoms with E-state index in [2.05, 4.69) is 27.7 Å². The van der Waals surface area contributed by atoms with Gasteiger partial charge in [-0.25, -0.2) is 0 Å². The molecular weight excluding hydrogens is 156 g/mol. The van der Waals surface area contributed by atoms with Crippen molar-refractivity contribution in [1.82, 2.24) is 0 Å². The van der Waals surface area contributed by atoms with E-state index in [4.69, 9.17) is 8.85 Å². The lowest BCUT2D eigenvalue weighted by Crippen LogP contribution is -2.32. The second-order valence-electron chi connectivity index (χ2n) is 3.52. The van der Waals surface area contributed by atoms with Crippen molar-refractivity contribution in [2.24, 2.45) is 0 Å². The molecule has 0 aromatic heterocycles. The van der Waals surface area contributed by atoms with Gasteiger partial charge in [-0.05, 0) is 33.7 Å². The summed E-state index contributed by atoms with van der Waals surface area (Å²) in [7, 11) is -1.34. The minimum atomic E-state index is -1.34. The molecule has 0 aliphatic rings. The molecule has 1 unspecified atom stereocenters. The van der Waals surface area contributed by atoms with Gasteiger partial charge >= 0.3 is 9.28 Å². The zero-order chi connectivity index (χ0) is 8.91. The number of hydrogen-bond acceptors (Lipinski definition) is 2. The summed E-state index contributed by atoms with van der Waals surface area (Å²) in [5, 5.41) is 0. The summed E-state index contributed by atoms with van der Waals surface area (Å²) < 4.78 is 11.2. The first kappa shape index (κ1) is 11.1. The Morgan fingerprint density at radius 2 is 1.73 bits per heavy atom. The normalized spacial score (nSPS) is 15.0. The van der Waals surface area contributed by atoms with E-state index in [0.29, 0.717) is 0 Å². The van der Waals surface area contributed by atoms with E-state index >= 15 is 0 Å². The average molecular weight is 176 g/mol. The van der Waals surface area contributed by atoms with E-state index in [1.165, 1.54) is 0 Å². The molecule has 11 heavy (non-hydrogen) atoms. The molecule has 0 aliphatic carbocycles. The van der Waals surface area contributed by atoms with Crippen LogP contribution in [-0.2, 0) is 8.85 Å². The van der Waals surface area contributed by atoms with Crippen LogP contribution in [0.15, 0.2) is 0 Å². The van der Waals surface area contributed by atoms with Gasteiger partial charge in [0, 0.05) is 12.2 Å². The van der Waals surface area contributed by atoms with Crippen LogP contribution in [0.4, 0.5) is 0 Å². The first-order valence-electron chi connectivity index (χ1n) is 4.29. The van der Waals surface area contributed by atoms with Crippen molar-refractivity contribution < 1.29 is 8.85 Å². The fraction of sp³-hybridized carbons (Fsp3) is 1.00. The monoisotopic (exact) mass is 176 g/mol. The van der Waals surface area contributed by atoms with E-state index in [-0.39, 0.29) is 5.60 Å². The molecule has 0 amide bonds. The van der Waals surface area contributed by atoms with Crippen LogP contribution in [-0.4, -0.2) is 21.5 Å². The molecule has 68 valence electrons. The summed E-state index contributed by atoms with van der Waals surface area (Å²) in [6.07, 6.45) is 0. The minimum Gasteiger partial charge on any atom is -0.397 e. The van der Waals surface area contributed by atoms with Crippen LogP contribution in [0, 0.1) is 0 Å². The van der Waals surface area contributed by atoms with E-state index in [1.807, 2.05) is 6.92 Å². The zero-order valence-corrected chi connectivity index (χ0v) is 9.46. The molecule has 0 bridgehead atoms. The van der Waals surface area contributed by atoms with Crippen molar-refractivity contribution in [3.63, 3.8) is 0 Å². The second-order valence-corrected chi connectivity index (χ2v) is 5.77. The van der Waals surface area contributed by atoms with Crippen LogP contribution in [0.3, 0.4) is 0 Å². The highest BCUT2D eigenvalue weighted by Crippen LogP contribution is 2.11. The van der Waals surface area contributed by atoms with Crippen LogP contribution in [0.5, 0.6) is 0 Å². The summed E-state index contributed by atoms with van der Waals surface area (Å²) in [5.74, 6) is 0. The molecule has 0 spiro atoms. The number of hydrogen-bond donors (Lipinski definition) is 0. The quantitative estimate of drug-likeness (QED) is 0.611. The lowest BCUT2D eigenvalue weighted by Gasteiger charge is -2.25. The lowest BCUT2D eigenvalue weighted by atomic mass is 10.2. The summed E-state index contributed by atoms with van der Waals surface area (Å²) in [6, 6.07) is 1.05. The summed E-state index contributed by atoms with van der Waals surface area (Å²) in [6.45, 7) is 11.1. The first-order valence-corrected chi connectivity index (χ1v) is 6.05. The SMILES string of the molecule is CCO[SiH](CC)OC(C)(C)C. The Morgan fingerprint density at radius 3 is 2.00 bits per heavy atom. The summed E-state index contributed by atoms with van der Waals surface area (Å²) in [4.78, 5) is 0. The van der Waals surface area contributed by atoms with Crippen molar-refractivity contribution in [3.8, 4) is 0 Å². The van der Waals surface area contributed by atoms with Gasteiger partial charge in [-0.1, -0.05) is 6.92 Å². The Labute approximate surface area is 71.7 Å². The van der Waals surface area contributed by atoms with Crippen LogP contribution in [0.2, 0.25) is 6.04 Å². The maximum absolute atomic E-state index is 5.74. The number of rotatable bonds is 4. The molecule has 1 atom stereocenters. The fourth-order valence-corrected chi connectivity index (χ4v) is 2.45. The third-order valence-electron chi connectivity index (χ3n) is 1.17. The Balaban J connectivity index is 3.68. The molecule has 0 aliphatic heterocycles. The molecule has 0 fully saturated rings. The van der Waals surface area contributed by atoms with E-state index in [1.54, 1.807) is 0 Å². The fourth-order valence-electron chi connectivity index (χ4n) is 0.815. The third-order valence-corrected chi connectivity index (χ3v) is 3.51. The van der Waals surface area contributed by atoms with Crippen molar-refractivity contribution in [1.29, 1.82) is 0 Å². The van der Waals surface area contributed by atoms with E-state index in [0.717, 1.165) is 12.7 Å². The van der Waals surface area contributed by atoms with E-state index in [9.17, 15) is 0 Å². The minimum absolute atomic E-state index is 0.0396. The Hall–Kier alpha value is 0.137. The Kier molecular flexibility index (Phi) is 4.96. The lowest BCUT2D eigenvalue weighted by molar-refractivity contribution is 0.0846. The Morgan fingerprint density at radius 1 is 1.18 bits per heavy atom. The highest BCUT2D eigenvalue weighted by molar-refractivity contribution is 6.44. The average Bonchev–Trinajstić information content (AvgIpc) is 1.84. The van der Waals surface area contributed by atoms with Crippen molar-refractivity contribution in [2.75, 3.05) is 6.61 Å². The first-order chi connectivity index (χ1) is 4.99. The highest BCUT2D eigenvalue weighted by Gasteiger charge is 2.18. The molecule has 0 saturated carbocycles. The van der Waals surface area contributed by atoms with Gasteiger partial charge in [-0.3, -0.25) is 0 Å². The van der Waals surface area contributed by atoms with Crippen LogP contribution < -0.4 is 0 Å². The zero-order valence-electron chi connectivity index (χ0n) is 8.31. The highest BCUT2D eigenvalue weighted by atomic mass is 28.3. The predicted octanol–water partition coefficient (Wildman–Crippen LogP) is 2.08. The van der Waals surface area contributed by atoms with Gasteiger partial charge in [0.2, 0.25) is 0 Å². The molecule has 0 rings (SSSR count). The van der Waals surface area contributed by atoms with Gasteiger partial charge in [0.15, 0.2) is 0 Å². The molecule has 2 nitrogen and oxygen atoms in total. The van der Waals surface area contributed by atoms with Gasteiger partial charge in [0.25, 0.3) is 0 Å². The maximum atomic E-state index is 5.74. The largest absolute Gasteiger partial charge is 0.397 e. The topological polar surface area (TPSA) is 18.5 Å². The van der Waals surface area contributed by atoms with Gasteiger partial charge in [-0.2, -0.15) is 0 Å². The van der Waals surface area contributed by atoms with Gasteiger partial charge in [0.05, 0.1) is 0 Å². The molecule has 0 radical (unpaired) electrons. The predicted molar refractivity (Wildman–Crippen MR) is 50.1 cm³/mol. The van der Waals surface area contributed by atoms with Crippen molar-refractivity contribution >= 4 is 9.28 Å². The molecule has 0 aromatic carbocycles. The van der Waals surface area contributed by atoms with Gasteiger partial charge < -0.3 is 8.85 Å². The van der Waals surface area contributed by atoms with Crippen LogP contribution in [0.1, 0.15) is 34.6 Å².